The first-order chi connectivity index (χ1) is 12.0. The molecule has 0 atom stereocenters. The minimum atomic E-state index is -0.426. The second-order valence-electron chi connectivity index (χ2n) is 6.35. The van der Waals surface area contributed by atoms with Crippen LogP contribution in [0.1, 0.15) is 37.8 Å². The van der Waals surface area contributed by atoms with Crippen LogP contribution in [0.25, 0.3) is 6.08 Å². The van der Waals surface area contributed by atoms with Crippen molar-refractivity contribution in [2.24, 2.45) is 0 Å². The molecule has 2 aliphatic rings. The molecule has 0 aromatic heterocycles. The Morgan fingerprint density at radius 2 is 2.08 bits per heavy atom. The number of carbonyl (C=O) groups is 2. The van der Waals surface area contributed by atoms with E-state index in [4.69, 9.17) is 12.2 Å². The average Bonchev–Trinajstić information content (AvgIpc) is 2.99. The molecule has 2 heterocycles. The fourth-order valence-electron chi connectivity index (χ4n) is 3.31. The third kappa shape index (κ3) is 3.44. The topological polar surface area (TPSA) is 52.7 Å². The van der Waals surface area contributed by atoms with Crippen molar-refractivity contribution in [1.29, 1.82) is 0 Å². The first kappa shape index (κ1) is 17.6. The highest BCUT2D eigenvalue weighted by Crippen LogP contribution is 2.30. The van der Waals surface area contributed by atoms with Gasteiger partial charge in [-0.3, -0.25) is 19.8 Å². The number of benzene rings is 1. The number of amides is 2. The molecule has 2 amide bonds. The van der Waals surface area contributed by atoms with E-state index in [1.807, 2.05) is 13.0 Å². The van der Waals surface area contributed by atoms with E-state index in [1.54, 1.807) is 6.08 Å². The molecule has 132 valence electrons. The molecule has 1 saturated heterocycles. The van der Waals surface area contributed by atoms with Crippen molar-refractivity contribution in [3.05, 3.63) is 34.9 Å². The van der Waals surface area contributed by atoms with E-state index in [-0.39, 0.29) is 16.6 Å². The monoisotopic (exact) mass is 357 g/mol. The summed E-state index contributed by atoms with van der Waals surface area (Å²) in [6.45, 7) is 6.58. The van der Waals surface area contributed by atoms with E-state index in [0.29, 0.717) is 6.54 Å². The Morgan fingerprint density at radius 3 is 2.80 bits per heavy atom. The molecule has 1 aromatic rings. The quantitative estimate of drug-likeness (QED) is 0.500. The number of rotatable bonds is 5. The summed E-state index contributed by atoms with van der Waals surface area (Å²) < 4.78 is 0. The predicted octanol–water partition coefficient (Wildman–Crippen LogP) is 2.50. The molecule has 5 nitrogen and oxygen atoms in total. The zero-order chi connectivity index (χ0) is 18.0. The third-order valence-electron chi connectivity index (χ3n) is 4.69. The van der Waals surface area contributed by atoms with Crippen LogP contribution in [0.2, 0.25) is 0 Å². The van der Waals surface area contributed by atoms with Gasteiger partial charge in [-0.1, -0.05) is 19.4 Å². The lowest BCUT2D eigenvalue weighted by Gasteiger charge is -2.27. The van der Waals surface area contributed by atoms with Gasteiger partial charge >= 0.3 is 0 Å². The lowest BCUT2D eigenvalue weighted by Crippen LogP contribution is -2.53. The van der Waals surface area contributed by atoms with E-state index in [1.165, 1.54) is 29.0 Å². The Kier molecular flexibility index (Phi) is 5.18. The number of unbranched alkanes of at least 4 members (excludes halogenated alkanes) is 1. The maximum Gasteiger partial charge on any atom is 0.265 e. The van der Waals surface area contributed by atoms with Crippen LogP contribution in [0.5, 0.6) is 0 Å². The second-order valence-corrected chi connectivity index (χ2v) is 6.73. The van der Waals surface area contributed by atoms with Gasteiger partial charge in [0.25, 0.3) is 11.8 Å². The fraction of sp³-hybridized carbons (Fsp3) is 0.421. The van der Waals surface area contributed by atoms with Crippen molar-refractivity contribution < 1.29 is 9.59 Å². The summed E-state index contributed by atoms with van der Waals surface area (Å²) in [7, 11) is 0. The van der Waals surface area contributed by atoms with Gasteiger partial charge in [0.05, 0.1) is 0 Å². The summed E-state index contributed by atoms with van der Waals surface area (Å²) in [5.74, 6) is -0.758. The van der Waals surface area contributed by atoms with E-state index in [0.717, 1.165) is 25.1 Å². The van der Waals surface area contributed by atoms with Gasteiger partial charge in [0.1, 0.15) is 5.57 Å². The largest absolute Gasteiger partial charge is 0.371 e. The first-order valence-corrected chi connectivity index (χ1v) is 9.22. The Balaban J connectivity index is 1.86. The van der Waals surface area contributed by atoms with Crippen LogP contribution in [0.3, 0.4) is 0 Å². The summed E-state index contributed by atoms with van der Waals surface area (Å²) in [4.78, 5) is 28.5. The number of hydrogen-bond acceptors (Lipinski definition) is 4. The zero-order valence-electron chi connectivity index (χ0n) is 14.7. The minimum Gasteiger partial charge on any atom is -0.371 e. The summed E-state index contributed by atoms with van der Waals surface area (Å²) in [5.41, 5.74) is 3.55. The Hall–Kier alpha value is -2.21. The number of nitrogens with one attached hydrogen (secondary N) is 1. The number of nitrogens with zero attached hydrogens (tertiary/aromatic N) is 2. The van der Waals surface area contributed by atoms with Gasteiger partial charge < -0.3 is 4.90 Å². The van der Waals surface area contributed by atoms with Crippen LogP contribution < -0.4 is 10.2 Å². The maximum atomic E-state index is 12.5. The molecule has 6 heteroatoms. The maximum absolute atomic E-state index is 12.5. The fourth-order valence-corrected chi connectivity index (χ4v) is 3.61. The average molecular weight is 357 g/mol. The molecule has 2 aliphatic heterocycles. The van der Waals surface area contributed by atoms with Crippen LogP contribution >= 0.6 is 12.2 Å². The van der Waals surface area contributed by atoms with Crippen molar-refractivity contribution in [2.75, 3.05) is 24.5 Å². The number of fused-ring (bicyclic) bond motifs is 1. The van der Waals surface area contributed by atoms with Crippen LogP contribution in [-0.2, 0) is 16.0 Å². The smallest absolute Gasteiger partial charge is 0.265 e. The van der Waals surface area contributed by atoms with Gasteiger partial charge in [0.15, 0.2) is 5.11 Å². The molecule has 0 spiro atoms. The van der Waals surface area contributed by atoms with E-state index >= 15 is 0 Å². The molecule has 1 aromatic carbocycles. The lowest BCUT2D eigenvalue weighted by molar-refractivity contribution is -0.128. The van der Waals surface area contributed by atoms with Gasteiger partial charge in [-0.25, -0.2) is 0 Å². The molecule has 0 aliphatic carbocycles. The van der Waals surface area contributed by atoms with Crippen molar-refractivity contribution >= 4 is 40.9 Å². The van der Waals surface area contributed by atoms with Crippen molar-refractivity contribution in [3.63, 3.8) is 0 Å². The first-order valence-electron chi connectivity index (χ1n) is 8.82. The SMILES string of the molecule is CCCCN1CCc2cc(/C=C3/C(=O)NC(=S)N(CC)C3=O)ccc21. The summed E-state index contributed by atoms with van der Waals surface area (Å²) >= 11 is 5.05. The number of carbonyl (C=O) groups excluding carboxylic acids is 2. The molecule has 0 bridgehead atoms. The highest BCUT2D eigenvalue weighted by atomic mass is 32.1. The molecule has 0 radical (unpaired) electrons. The molecule has 0 saturated carbocycles. The number of likely N-dealkylation sites (N-methyl/N-ethyl adjacent to an activating group) is 1. The van der Waals surface area contributed by atoms with Crippen LogP contribution in [-0.4, -0.2) is 41.5 Å². The second kappa shape index (κ2) is 7.35. The van der Waals surface area contributed by atoms with Gasteiger partial charge in [0.2, 0.25) is 0 Å². The van der Waals surface area contributed by atoms with Crippen LogP contribution in [0.4, 0.5) is 5.69 Å². The number of anilines is 1. The van der Waals surface area contributed by atoms with Gasteiger partial charge in [-0.2, -0.15) is 0 Å². The minimum absolute atomic E-state index is 0.135. The summed E-state index contributed by atoms with van der Waals surface area (Å²) in [6.07, 6.45) is 5.04. The highest BCUT2D eigenvalue weighted by Gasteiger charge is 2.32. The molecule has 0 unspecified atom stereocenters. The van der Waals surface area contributed by atoms with Crippen LogP contribution in [0, 0.1) is 0 Å². The van der Waals surface area contributed by atoms with Crippen molar-refractivity contribution in [1.82, 2.24) is 10.2 Å². The Morgan fingerprint density at radius 1 is 1.28 bits per heavy atom. The molecular weight excluding hydrogens is 334 g/mol. The number of thiocarbonyl (C=S) groups is 1. The Labute approximate surface area is 153 Å². The lowest BCUT2D eigenvalue weighted by atomic mass is 10.0. The third-order valence-corrected chi connectivity index (χ3v) is 5.01. The molecule has 25 heavy (non-hydrogen) atoms. The van der Waals surface area contributed by atoms with E-state index < -0.39 is 5.91 Å². The summed E-state index contributed by atoms with van der Waals surface area (Å²) in [5, 5.41) is 2.76. The highest BCUT2D eigenvalue weighted by molar-refractivity contribution is 7.80. The van der Waals surface area contributed by atoms with Crippen LogP contribution in [0.15, 0.2) is 23.8 Å². The zero-order valence-corrected chi connectivity index (χ0v) is 15.5. The standard InChI is InChI=1S/C19H23N3O2S/c1-3-5-9-21-10-8-14-11-13(6-7-16(14)21)12-15-17(23)20-19(25)22(4-2)18(15)24/h6-7,11-12H,3-5,8-10H2,1-2H3,(H,20,23,25)/b15-12-. The predicted molar refractivity (Wildman–Crippen MR) is 103 cm³/mol. The number of hydrogen-bond donors (Lipinski definition) is 1. The van der Waals surface area contributed by atoms with Crippen molar-refractivity contribution in [2.45, 2.75) is 33.1 Å². The molecular formula is C19H23N3O2S. The molecule has 3 rings (SSSR count). The van der Waals surface area contributed by atoms with E-state index in [2.05, 4.69) is 29.3 Å². The van der Waals surface area contributed by atoms with Gasteiger partial charge in [0, 0.05) is 25.3 Å². The Bertz CT molecular complexity index is 757. The van der Waals surface area contributed by atoms with Gasteiger partial charge in [-0.05, 0) is 61.3 Å². The molecule has 1 fully saturated rings. The summed E-state index contributed by atoms with van der Waals surface area (Å²) in [6, 6.07) is 6.15. The van der Waals surface area contributed by atoms with Gasteiger partial charge in [-0.15, -0.1) is 0 Å². The van der Waals surface area contributed by atoms with E-state index in [9.17, 15) is 9.59 Å². The molecule has 1 N–H and O–H groups in total. The normalized spacial score (nSPS) is 18.8. The van der Waals surface area contributed by atoms with Crippen molar-refractivity contribution in [3.8, 4) is 0 Å².